The van der Waals surface area contributed by atoms with E-state index in [2.05, 4.69) is 16.7 Å². The van der Waals surface area contributed by atoms with E-state index in [1.807, 2.05) is 84.9 Å². The maximum Gasteiger partial charge on any atom is 0.250 e. The Labute approximate surface area is 212 Å². The molecule has 5 aromatic rings. The van der Waals surface area contributed by atoms with Crippen LogP contribution in [0, 0.1) is 0 Å². The second-order valence-corrected chi connectivity index (χ2v) is 9.20. The summed E-state index contributed by atoms with van der Waals surface area (Å²) in [7, 11) is 0. The Kier molecular flexibility index (Phi) is 6.79. The molecule has 35 heavy (non-hydrogen) atoms. The fraction of sp³-hybridized carbons (Fsp3) is 0.0357. The van der Waals surface area contributed by atoms with Crippen molar-refractivity contribution in [3.63, 3.8) is 0 Å². The Morgan fingerprint density at radius 1 is 0.914 bits per heavy atom. The van der Waals surface area contributed by atoms with Gasteiger partial charge in [0.25, 0.3) is 0 Å². The molecule has 0 radical (unpaired) electrons. The Balaban J connectivity index is 1.11. The molecule has 5 rings (SSSR count). The molecule has 7 heteroatoms. The van der Waals surface area contributed by atoms with Gasteiger partial charge in [-0.2, -0.15) is 0 Å². The molecule has 0 bridgehead atoms. The number of benzene rings is 3. The quantitative estimate of drug-likeness (QED) is 0.210. The van der Waals surface area contributed by atoms with Gasteiger partial charge < -0.3 is 9.73 Å². The number of carbonyl (C=O) groups is 1. The first kappa shape index (κ1) is 22.7. The second kappa shape index (κ2) is 10.5. The average molecular weight is 496 g/mol. The first-order chi connectivity index (χ1) is 17.1. The number of nitrogens with one attached hydrogen (secondary N) is 2. The van der Waals surface area contributed by atoms with Crippen molar-refractivity contribution in [3.05, 3.63) is 108 Å². The van der Waals surface area contributed by atoms with Crippen LogP contribution in [-0.4, -0.2) is 16.0 Å². The molecule has 0 aliphatic heterocycles. The highest BCUT2D eigenvalue weighted by Gasteiger charge is 2.07. The van der Waals surface area contributed by atoms with E-state index in [4.69, 9.17) is 21.6 Å². The zero-order chi connectivity index (χ0) is 24.0. The summed E-state index contributed by atoms with van der Waals surface area (Å²) in [5, 5.41) is 6.98. The lowest BCUT2D eigenvalue weighted by atomic mass is 10.1. The minimum atomic E-state index is -0.327. The number of hydrogen-bond acceptors (Lipinski definition) is 5. The molecule has 0 saturated heterocycles. The molecule has 2 N–H and O–H groups in total. The molecule has 1 amide bonds. The molecule has 0 aliphatic rings. The number of carbonyl (C=O) groups excluding carboxylic acids is 1. The van der Waals surface area contributed by atoms with Crippen molar-refractivity contribution >= 4 is 50.9 Å². The number of hydrogen-bond donors (Lipinski definition) is 2. The van der Waals surface area contributed by atoms with Gasteiger partial charge in [0.05, 0.1) is 10.2 Å². The predicted molar refractivity (Wildman–Crippen MR) is 146 cm³/mol. The van der Waals surface area contributed by atoms with Crippen molar-refractivity contribution in [1.29, 1.82) is 0 Å². The molecule has 0 unspecified atom stereocenters. The lowest BCUT2D eigenvalue weighted by Gasteiger charge is -2.08. The van der Waals surface area contributed by atoms with E-state index in [1.54, 1.807) is 17.4 Å². The van der Waals surface area contributed by atoms with E-state index in [1.165, 1.54) is 10.8 Å². The van der Waals surface area contributed by atoms with Crippen molar-refractivity contribution in [2.75, 3.05) is 0 Å². The minimum absolute atomic E-state index is 0.263. The van der Waals surface area contributed by atoms with Crippen LogP contribution in [-0.2, 0) is 11.3 Å². The van der Waals surface area contributed by atoms with Gasteiger partial charge in [-0.05, 0) is 48.1 Å². The van der Waals surface area contributed by atoms with E-state index < -0.39 is 0 Å². The van der Waals surface area contributed by atoms with Crippen molar-refractivity contribution in [2.24, 2.45) is 0 Å². The van der Waals surface area contributed by atoms with Gasteiger partial charge in [-0.1, -0.05) is 66.7 Å². The summed E-state index contributed by atoms with van der Waals surface area (Å²) in [6.45, 7) is 0.502. The zero-order valence-electron chi connectivity index (χ0n) is 18.6. The molecule has 0 aliphatic carbocycles. The van der Waals surface area contributed by atoms with Crippen molar-refractivity contribution in [2.45, 2.75) is 6.54 Å². The first-order valence-corrected chi connectivity index (χ1v) is 12.2. The highest BCUT2D eigenvalue weighted by molar-refractivity contribution is 7.80. The maximum absolute atomic E-state index is 12.2. The van der Waals surface area contributed by atoms with Crippen LogP contribution >= 0.6 is 23.6 Å². The summed E-state index contributed by atoms with van der Waals surface area (Å²) in [5.74, 6) is 1.01. The molecule has 0 spiro atoms. The number of furan rings is 1. The van der Waals surface area contributed by atoms with Gasteiger partial charge >= 0.3 is 0 Å². The van der Waals surface area contributed by atoms with Crippen molar-refractivity contribution < 1.29 is 9.21 Å². The van der Waals surface area contributed by atoms with Crippen LogP contribution in [0.3, 0.4) is 0 Å². The number of aromatic nitrogens is 1. The van der Waals surface area contributed by atoms with E-state index in [-0.39, 0.29) is 11.0 Å². The van der Waals surface area contributed by atoms with Crippen LogP contribution in [0.15, 0.2) is 101 Å². The van der Waals surface area contributed by atoms with E-state index >= 15 is 0 Å². The summed E-state index contributed by atoms with van der Waals surface area (Å²) < 4.78 is 6.94. The number of rotatable bonds is 6. The minimum Gasteiger partial charge on any atom is -0.457 e. The van der Waals surface area contributed by atoms with Gasteiger partial charge in [0.15, 0.2) is 5.11 Å². The van der Waals surface area contributed by atoms with Crippen LogP contribution < -0.4 is 10.6 Å². The summed E-state index contributed by atoms with van der Waals surface area (Å²) >= 11 is 6.93. The van der Waals surface area contributed by atoms with Crippen LogP contribution in [0.25, 0.3) is 38.2 Å². The molecule has 2 heterocycles. The van der Waals surface area contributed by atoms with Gasteiger partial charge in [0, 0.05) is 23.7 Å². The molecule has 0 atom stereocenters. The Morgan fingerprint density at radius 2 is 1.69 bits per heavy atom. The highest BCUT2D eigenvalue weighted by atomic mass is 32.1. The van der Waals surface area contributed by atoms with Gasteiger partial charge in [-0.3, -0.25) is 10.1 Å². The van der Waals surface area contributed by atoms with Gasteiger partial charge in [0.1, 0.15) is 16.5 Å². The largest absolute Gasteiger partial charge is 0.457 e. The fourth-order valence-electron chi connectivity index (χ4n) is 3.50. The van der Waals surface area contributed by atoms with Gasteiger partial charge in [-0.15, -0.1) is 11.3 Å². The molecule has 0 fully saturated rings. The lowest BCUT2D eigenvalue weighted by Crippen LogP contribution is -2.37. The molecule has 2 aromatic heterocycles. The molecule has 0 saturated carbocycles. The SMILES string of the molecule is O=C(/C=C/c1ccc(-c2ccccc2)o1)NC(=S)NCc1ccc(-c2nc3ccccc3s2)cc1. The van der Waals surface area contributed by atoms with Crippen LogP contribution in [0.2, 0.25) is 0 Å². The van der Waals surface area contributed by atoms with Gasteiger partial charge in [0.2, 0.25) is 5.91 Å². The van der Waals surface area contributed by atoms with Crippen molar-refractivity contribution in [3.8, 4) is 21.9 Å². The molecule has 5 nitrogen and oxygen atoms in total. The van der Waals surface area contributed by atoms with Gasteiger partial charge in [-0.25, -0.2) is 4.98 Å². The summed E-state index contributed by atoms with van der Waals surface area (Å²) in [5.41, 5.74) is 4.11. The summed E-state index contributed by atoms with van der Waals surface area (Å²) in [6, 6.07) is 29.8. The Hall–Kier alpha value is -4.07. The average Bonchev–Trinajstić information content (AvgIpc) is 3.54. The molecular formula is C28H21N3O2S2. The first-order valence-electron chi connectivity index (χ1n) is 11.0. The van der Waals surface area contributed by atoms with Crippen LogP contribution in [0.1, 0.15) is 11.3 Å². The summed E-state index contributed by atoms with van der Waals surface area (Å²) in [4.78, 5) is 16.9. The third-order valence-electron chi connectivity index (χ3n) is 5.27. The summed E-state index contributed by atoms with van der Waals surface area (Å²) in [6.07, 6.45) is 3.01. The lowest BCUT2D eigenvalue weighted by molar-refractivity contribution is -0.115. The number of amides is 1. The molecule has 172 valence electrons. The number of nitrogens with zero attached hydrogens (tertiary/aromatic N) is 1. The Bertz CT molecular complexity index is 1470. The second-order valence-electron chi connectivity index (χ2n) is 7.76. The van der Waals surface area contributed by atoms with Crippen LogP contribution in [0.5, 0.6) is 0 Å². The third kappa shape index (κ3) is 5.71. The van der Waals surface area contributed by atoms with Crippen molar-refractivity contribution in [1.82, 2.24) is 15.6 Å². The monoisotopic (exact) mass is 495 g/mol. The molecule has 3 aromatic carbocycles. The normalized spacial score (nSPS) is 11.1. The van der Waals surface area contributed by atoms with Crippen LogP contribution in [0.4, 0.5) is 0 Å². The molecular weight excluding hydrogens is 474 g/mol. The highest BCUT2D eigenvalue weighted by Crippen LogP contribution is 2.30. The maximum atomic E-state index is 12.2. The fourth-order valence-corrected chi connectivity index (χ4v) is 4.64. The van der Waals surface area contributed by atoms with E-state index in [0.717, 1.165) is 33.0 Å². The number of fused-ring (bicyclic) bond motifs is 1. The zero-order valence-corrected chi connectivity index (χ0v) is 20.2. The standard InChI is InChI=1S/C28H21N3O2S2/c32-26(17-15-22-14-16-24(33-22)20-6-2-1-3-7-20)31-28(34)29-18-19-10-12-21(13-11-19)27-30-23-8-4-5-9-25(23)35-27/h1-17H,18H2,(H2,29,31,32,34)/b17-15+. The predicted octanol–water partition coefficient (Wildman–Crippen LogP) is 6.43. The third-order valence-corrected chi connectivity index (χ3v) is 6.60. The smallest absolute Gasteiger partial charge is 0.250 e. The van der Waals surface area contributed by atoms with E-state index in [0.29, 0.717) is 12.3 Å². The topological polar surface area (TPSA) is 67.2 Å². The van der Waals surface area contributed by atoms with E-state index in [9.17, 15) is 4.79 Å². The number of para-hydroxylation sites is 1. The number of thiocarbonyl (C=S) groups is 1. The number of thiazole rings is 1. The Morgan fingerprint density at radius 3 is 2.49 bits per heavy atom.